The van der Waals surface area contributed by atoms with E-state index < -0.39 is 21.7 Å². The molecule has 0 aromatic heterocycles. The normalized spacial score (nSPS) is 37.8. The Hall–Kier alpha value is -1.56. The number of ether oxygens (including phenoxy) is 1. The van der Waals surface area contributed by atoms with E-state index in [1.807, 2.05) is 20.8 Å². The Labute approximate surface area is 225 Å². The summed E-state index contributed by atoms with van der Waals surface area (Å²) in [6.45, 7) is 6.18. The van der Waals surface area contributed by atoms with Gasteiger partial charge in [0.1, 0.15) is 0 Å². The van der Waals surface area contributed by atoms with E-state index in [0.29, 0.717) is 18.4 Å². The molecule has 4 bridgehead atoms. The first-order valence-corrected chi connectivity index (χ1v) is 15.4. The van der Waals surface area contributed by atoms with Gasteiger partial charge in [0.15, 0.2) is 0 Å². The molecule has 4 N–H and O–H groups in total. The largest absolute Gasteiger partial charge is 0.354 e. The van der Waals surface area contributed by atoms with Gasteiger partial charge in [-0.2, -0.15) is 18.2 Å². The van der Waals surface area contributed by atoms with Gasteiger partial charge in [-0.25, -0.2) is 0 Å². The van der Waals surface area contributed by atoms with Crippen LogP contribution in [0.4, 0.5) is 0 Å². The second kappa shape index (κ2) is 10.1. The predicted octanol–water partition coefficient (Wildman–Crippen LogP) is 4.10. The molecule has 1 saturated heterocycles. The molecule has 5 saturated carbocycles. The van der Waals surface area contributed by atoms with E-state index in [2.05, 4.69) is 5.32 Å². The summed E-state index contributed by atoms with van der Waals surface area (Å²) >= 11 is 0. The summed E-state index contributed by atoms with van der Waals surface area (Å²) in [5.74, 6) is 1.68. The Morgan fingerprint density at radius 2 is 1.58 bits per heavy atom. The predicted molar refractivity (Wildman–Crippen MR) is 140 cm³/mol. The van der Waals surface area contributed by atoms with Crippen LogP contribution in [-0.2, 0) is 29.4 Å². The van der Waals surface area contributed by atoms with Crippen molar-refractivity contribution in [3.05, 3.63) is 29.8 Å². The minimum atomic E-state index is -4.02. The van der Waals surface area contributed by atoms with Crippen molar-refractivity contribution < 1.29 is 32.3 Å². The fourth-order valence-electron chi connectivity index (χ4n) is 7.28. The van der Waals surface area contributed by atoms with E-state index in [-0.39, 0.29) is 22.3 Å². The first-order chi connectivity index (χ1) is 17.8. The third-order valence-electron chi connectivity index (χ3n) is 9.10. The molecule has 6 aliphatic rings. The molecule has 7 rings (SSSR count). The van der Waals surface area contributed by atoms with Crippen LogP contribution in [0, 0.1) is 36.5 Å². The number of carbonyl (C=O) groups is 1. The highest BCUT2D eigenvalue weighted by atomic mass is 32.2. The minimum absolute atomic E-state index is 0.0141. The maximum Gasteiger partial charge on any atom is 0.294 e. The second-order valence-corrected chi connectivity index (χ2v) is 14.4. The van der Waals surface area contributed by atoms with E-state index in [1.165, 1.54) is 44.2 Å². The lowest BCUT2D eigenvalue weighted by molar-refractivity contribution is -0.390. The fraction of sp³-hybridized carbons (Fsp3) is 0.750. The molecule has 9 nitrogen and oxygen atoms in total. The summed E-state index contributed by atoms with van der Waals surface area (Å²) in [7, 11) is -4.02. The fourth-order valence-corrected chi connectivity index (χ4v) is 7.76. The number of amides is 1. The molecular weight excluding hydrogens is 508 g/mol. The molecule has 212 valence electrons. The number of hydrogen-bond acceptors (Lipinski definition) is 7. The molecule has 1 aromatic rings. The van der Waals surface area contributed by atoms with Crippen LogP contribution in [0.3, 0.4) is 0 Å². The molecule has 0 radical (unpaired) electrons. The monoisotopic (exact) mass is 550 g/mol. The van der Waals surface area contributed by atoms with E-state index in [9.17, 15) is 13.2 Å². The summed E-state index contributed by atoms with van der Waals surface area (Å²) < 4.78 is 36.3. The standard InChI is InChI=1S/C21H34N2O4.C7H8O3S/c1-19(2,22)12-23-18(24)15-3-5-20(6-4-15)25-21(27-26-20)16-8-13-7-14(10-16)11-17(21)9-13;1-6-2-4-7(5-3-6)11(8,9)10/h13-17H,3-12,22H2,1-2H3,(H,23,24);2-5H,1H3,(H,8,9,10). The molecule has 5 aliphatic carbocycles. The van der Waals surface area contributed by atoms with Crippen LogP contribution in [0.5, 0.6) is 0 Å². The van der Waals surface area contributed by atoms with Gasteiger partial charge in [0.25, 0.3) is 10.1 Å². The van der Waals surface area contributed by atoms with Gasteiger partial charge in [-0.15, -0.1) is 0 Å². The van der Waals surface area contributed by atoms with Crippen LogP contribution < -0.4 is 11.1 Å². The summed E-state index contributed by atoms with van der Waals surface area (Å²) in [6, 6.07) is 5.99. The van der Waals surface area contributed by atoms with Crippen molar-refractivity contribution >= 4 is 16.0 Å². The Balaban J connectivity index is 0.000000226. The first-order valence-electron chi connectivity index (χ1n) is 13.9. The molecule has 1 heterocycles. The zero-order chi connectivity index (χ0) is 27.3. The van der Waals surface area contributed by atoms with Crippen LogP contribution in [0.1, 0.15) is 77.2 Å². The van der Waals surface area contributed by atoms with Crippen LogP contribution in [0.2, 0.25) is 0 Å². The third-order valence-corrected chi connectivity index (χ3v) is 9.97. The zero-order valence-electron chi connectivity index (χ0n) is 22.6. The molecule has 1 aliphatic heterocycles. The zero-order valence-corrected chi connectivity index (χ0v) is 23.5. The van der Waals surface area contributed by atoms with Gasteiger partial charge in [-0.1, -0.05) is 17.7 Å². The van der Waals surface area contributed by atoms with E-state index >= 15 is 0 Å². The van der Waals surface area contributed by atoms with Crippen LogP contribution in [-0.4, -0.2) is 42.5 Å². The third kappa shape index (κ3) is 5.81. The SMILES string of the molecule is CC(C)(N)CNC(=O)C1CCC2(CC1)OOC1(O2)C2CC3CC(C2)CC1C3.Cc1ccc(S(=O)(=O)O)cc1. The van der Waals surface area contributed by atoms with Crippen molar-refractivity contribution in [3.63, 3.8) is 0 Å². The topological polar surface area (TPSA) is 137 Å². The van der Waals surface area contributed by atoms with Gasteiger partial charge in [0, 0.05) is 42.7 Å². The number of rotatable bonds is 4. The van der Waals surface area contributed by atoms with Crippen molar-refractivity contribution in [3.8, 4) is 0 Å². The minimum Gasteiger partial charge on any atom is -0.354 e. The Bertz CT molecular complexity index is 1090. The molecule has 2 spiro atoms. The highest BCUT2D eigenvalue weighted by Gasteiger charge is 2.66. The number of nitrogens with one attached hydrogen (secondary N) is 1. The van der Waals surface area contributed by atoms with Crippen molar-refractivity contribution in [2.45, 2.75) is 101 Å². The van der Waals surface area contributed by atoms with Gasteiger partial charge in [-0.05, 0) is 89.7 Å². The smallest absolute Gasteiger partial charge is 0.294 e. The van der Waals surface area contributed by atoms with Gasteiger partial charge in [-0.3, -0.25) is 9.35 Å². The van der Waals surface area contributed by atoms with Gasteiger partial charge in [0.2, 0.25) is 17.5 Å². The number of nitrogens with two attached hydrogens (primary N) is 1. The molecule has 1 amide bonds. The number of hydrogen-bond donors (Lipinski definition) is 3. The quantitative estimate of drug-likeness (QED) is 0.376. The number of carbonyl (C=O) groups excluding carboxylic acids is 1. The van der Waals surface area contributed by atoms with Crippen molar-refractivity contribution in [1.29, 1.82) is 0 Å². The second-order valence-electron chi connectivity index (χ2n) is 13.0. The summed E-state index contributed by atoms with van der Waals surface area (Å²) in [5, 5.41) is 2.99. The van der Waals surface area contributed by atoms with Gasteiger partial charge in [0.05, 0.1) is 4.90 Å². The van der Waals surface area contributed by atoms with Crippen molar-refractivity contribution in [1.82, 2.24) is 5.32 Å². The van der Waals surface area contributed by atoms with Gasteiger partial charge < -0.3 is 15.8 Å². The summed E-state index contributed by atoms with van der Waals surface area (Å²) in [6.07, 6.45) is 9.33. The molecule has 0 atom stereocenters. The maximum absolute atomic E-state index is 12.5. The summed E-state index contributed by atoms with van der Waals surface area (Å²) in [4.78, 5) is 24.4. The lowest BCUT2D eigenvalue weighted by Crippen LogP contribution is -2.59. The molecule has 10 heteroatoms. The Morgan fingerprint density at radius 1 is 1.03 bits per heavy atom. The number of benzene rings is 1. The average molecular weight is 551 g/mol. The average Bonchev–Trinajstić information content (AvgIpc) is 3.20. The lowest BCUT2D eigenvalue weighted by Gasteiger charge is -2.57. The molecule has 1 aromatic carbocycles. The molecular formula is C28H42N2O7S. The maximum atomic E-state index is 12.5. The lowest BCUT2D eigenvalue weighted by atomic mass is 9.53. The number of aryl methyl sites for hydroxylation is 1. The highest BCUT2D eigenvalue weighted by Crippen LogP contribution is 2.63. The van der Waals surface area contributed by atoms with E-state index in [4.69, 9.17) is 24.8 Å². The molecule has 38 heavy (non-hydrogen) atoms. The molecule has 6 fully saturated rings. The summed E-state index contributed by atoms with van der Waals surface area (Å²) in [5.41, 5.74) is 6.54. The van der Waals surface area contributed by atoms with Crippen LogP contribution in [0.15, 0.2) is 29.2 Å². The van der Waals surface area contributed by atoms with Crippen LogP contribution in [0.25, 0.3) is 0 Å². The Kier molecular flexibility index (Phi) is 7.46. The van der Waals surface area contributed by atoms with Crippen LogP contribution >= 0.6 is 0 Å². The Morgan fingerprint density at radius 3 is 2.08 bits per heavy atom. The molecule has 0 unspecified atom stereocenters. The van der Waals surface area contributed by atoms with Crippen molar-refractivity contribution in [2.75, 3.05) is 6.54 Å². The van der Waals surface area contributed by atoms with Gasteiger partial charge >= 0.3 is 0 Å². The van der Waals surface area contributed by atoms with Crippen molar-refractivity contribution in [2.24, 2.45) is 35.3 Å². The van der Waals surface area contributed by atoms with E-state index in [1.54, 1.807) is 12.1 Å². The van der Waals surface area contributed by atoms with E-state index in [0.717, 1.165) is 43.1 Å². The first kappa shape index (κ1) is 28.0. The highest BCUT2D eigenvalue weighted by molar-refractivity contribution is 7.85.